The van der Waals surface area contributed by atoms with Crippen LogP contribution in [0.25, 0.3) is 5.57 Å². The number of hydrogen-bond donors (Lipinski definition) is 1. The Balaban J connectivity index is 2.32. The molecule has 1 aromatic rings. The van der Waals surface area contributed by atoms with E-state index in [-0.39, 0.29) is 17.3 Å². The molecule has 0 spiro atoms. The molecule has 5 nitrogen and oxygen atoms in total. The first-order valence-electron chi connectivity index (χ1n) is 9.94. The molecular weight excluding hydrogens is 342 g/mol. The number of aliphatic hydroxyl groups excluding tert-OH is 1. The van der Waals surface area contributed by atoms with E-state index in [1.54, 1.807) is 0 Å². The minimum absolute atomic E-state index is 0.0273. The van der Waals surface area contributed by atoms with Gasteiger partial charge in [0.05, 0.1) is 37.2 Å². The van der Waals surface area contributed by atoms with Crippen LogP contribution >= 0.6 is 0 Å². The molecule has 1 unspecified atom stereocenters. The van der Waals surface area contributed by atoms with E-state index in [4.69, 9.17) is 14.5 Å². The standard InChI is InChI=1S/C22H31NO4/c1-6-27-21(25)19-17(14-7-9-26-10-8-14)18-15(23-20(19)13(2)3)11-22(4,5)12-16(18)24/h7,13,16,24H,6,8-12H2,1-5H3. The van der Waals surface area contributed by atoms with Crippen LogP contribution in [-0.2, 0) is 15.9 Å². The molecule has 0 radical (unpaired) electrons. The third-order valence-corrected chi connectivity index (χ3v) is 5.38. The van der Waals surface area contributed by atoms with Gasteiger partial charge in [0.15, 0.2) is 0 Å². The molecule has 1 aliphatic heterocycles. The van der Waals surface area contributed by atoms with Crippen molar-refractivity contribution in [3.63, 3.8) is 0 Å². The number of carbonyl (C=O) groups excluding carboxylic acids is 1. The first-order chi connectivity index (χ1) is 12.7. The van der Waals surface area contributed by atoms with Gasteiger partial charge in [-0.1, -0.05) is 33.8 Å². The van der Waals surface area contributed by atoms with Crippen LogP contribution in [0.1, 0.15) is 92.4 Å². The normalized spacial score (nSPS) is 21.6. The van der Waals surface area contributed by atoms with Crippen molar-refractivity contribution >= 4 is 11.5 Å². The smallest absolute Gasteiger partial charge is 0.340 e. The number of aromatic nitrogens is 1. The molecule has 1 aromatic heterocycles. The monoisotopic (exact) mass is 373 g/mol. The third-order valence-electron chi connectivity index (χ3n) is 5.38. The van der Waals surface area contributed by atoms with Gasteiger partial charge in [-0.3, -0.25) is 4.98 Å². The molecule has 2 aliphatic rings. The fraction of sp³-hybridized carbons (Fsp3) is 0.636. The summed E-state index contributed by atoms with van der Waals surface area (Å²) in [5.74, 6) is -0.271. The molecule has 1 aliphatic carbocycles. The van der Waals surface area contributed by atoms with Gasteiger partial charge in [-0.05, 0) is 43.1 Å². The highest BCUT2D eigenvalue weighted by Gasteiger charge is 2.38. The summed E-state index contributed by atoms with van der Waals surface area (Å²) in [4.78, 5) is 17.8. The second kappa shape index (κ2) is 7.72. The summed E-state index contributed by atoms with van der Waals surface area (Å²) in [5, 5.41) is 11.0. The molecule has 0 fully saturated rings. The van der Waals surface area contributed by atoms with Gasteiger partial charge in [-0.25, -0.2) is 4.79 Å². The van der Waals surface area contributed by atoms with Crippen LogP contribution in [0.4, 0.5) is 0 Å². The molecule has 27 heavy (non-hydrogen) atoms. The molecule has 3 rings (SSSR count). The largest absolute Gasteiger partial charge is 0.462 e. The zero-order valence-corrected chi connectivity index (χ0v) is 17.1. The van der Waals surface area contributed by atoms with E-state index in [1.165, 1.54) is 0 Å². The SMILES string of the molecule is CCOC(=O)c1c(C(C)C)nc2c(c1C1=CCOCC1)C(O)CC(C)(C)C2. The second-order valence-electron chi connectivity index (χ2n) is 8.60. The summed E-state index contributed by atoms with van der Waals surface area (Å²) in [6.45, 7) is 11.7. The minimum Gasteiger partial charge on any atom is -0.462 e. The van der Waals surface area contributed by atoms with Crippen LogP contribution in [0.5, 0.6) is 0 Å². The Kier molecular flexibility index (Phi) is 5.73. The van der Waals surface area contributed by atoms with Gasteiger partial charge in [-0.15, -0.1) is 0 Å². The van der Waals surface area contributed by atoms with Crippen LogP contribution in [-0.4, -0.2) is 35.9 Å². The number of ether oxygens (including phenoxy) is 2. The number of nitrogens with zero attached hydrogens (tertiary/aromatic N) is 1. The Morgan fingerprint density at radius 3 is 2.78 bits per heavy atom. The van der Waals surface area contributed by atoms with E-state index in [0.717, 1.165) is 40.9 Å². The van der Waals surface area contributed by atoms with E-state index >= 15 is 0 Å². The number of fused-ring (bicyclic) bond motifs is 1. The van der Waals surface area contributed by atoms with Gasteiger partial charge < -0.3 is 14.6 Å². The minimum atomic E-state index is -0.635. The van der Waals surface area contributed by atoms with Gasteiger partial charge >= 0.3 is 5.97 Å². The molecule has 148 valence electrons. The van der Waals surface area contributed by atoms with Gasteiger partial charge in [0, 0.05) is 16.8 Å². The maximum absolute atomic E-state index is 13.0. The Morgan fingerprint density at radius 1 is 1.44 bits per heavy atom. The second-order valence-corrected chi connectivity index (χ2v) is 8.60. The van der Waals surface area contributed by atoms with Gasteiger partial charge in [0.1, 0.15) is 0 Å². The Bertz CT molecular complexity index is 764. The van der Waals surface area contributed by atoms with Crippen LogP contribution in [0, 0.1) is 5.41 Å². The van der Waals surface area contributed by atoms with Crippen molar-refractivity contribution in [1.29, 1.82) is 0 Å². The molecule has 5 heteroatoms. The fourth-order valence-corrected chi connectivity index (χ4v) is 4.23. The Morgan fingerprint density at radius 2 is 2.19 bits per heavy atom. The van der Waals surface area contributed by atoms with Gasteiger partial charge in [0.25, 0.3) is 0 Å². The van der Waals surface area contributed by atoms with Crippen molar-refractivity contribution in [2.24, 2.45) is 5.41 Å². The van der Waals surface area contributed by atoms with Crippen molar-refractivity contribution in [3.05, 3.63) is 34.2 Å². The predicted octanol–water partition coefficient (Wildman–Crippen LogP) is 4.19. The number of esters is 1. The quantitative estimate of drug-likeness (QED) is 0.802. The first kappa shape index (κ1) is 20.0. The highest BCUT2D eigenvalue weighted by Crippen LogP contribution is 2.45. The number of aliphatic hydroxyl groups is 1. The summed E-state index contributed by atoms with van der Waals surface area (Å²) in [6, 6.07) is 0. The topological polar surface area (TPSA) is 68.7 Å². The maximum atomic E-state index is 13.0. The Hall–Kier alpha value is -1.72. The van der Waals surface area contributed by atoms with E-state index in [9.17, 15) is 9.90 Å². The average molecular weight is 373 g/mol. The van der Waals surface area contributed by atoms with Crippen molar-refractivity contribution in [2.75, 3.05) is 19.8 Å². The zero-order valence-electron chi connectivity index (χ0n) is 17.1. The van der Waals surface area contributed by atoms with Gasteiger partial charge in [0.2, 0.25) is 0 Å². The lowest BCUT2D eigenvalue weighted by molar-refractivity contribution is 0.0521. The van der Waals surface area contributed by atoms with Crippen molar-refractivity contribution in [1.82, 2.24) is 4.98 Å². The molecule has 0 bridgehead atoms. The van der Waals surface area contributed by atoms with E-state index in [2.05, 4.69) is 13.8 Å². The van der Waals surface area contributed by atoms with Crippen LogP contribution in [0.15, 0.2) is 6.08 Å². The highest BCUT2D eigenvalue weighted by molar-refractivity contribution is 5.98. The zero-order chi connectivity index (χ0) is 19.8. The molecule has 0 saturated carbocycles. The lowest BCUT2D eigenvalue weighted by Crippen LogP contribution is -2.30. The lowest BCUT2D eigenvalue weighted by Gasteiger charge is -2.37. The molecule has 2 heterocycles. The number of hydrogen-bond acceptors (Lipinski definition) is 5. The summed E-state index contributed by atoms with van der Waals surface area (Å²) in [5.41, 5.74) is 4.89. The number of pyridine rings is 1. The Labute approximate surface area is 161 Å². The highest BCUT2D eigenvalue weighted by atomic mass is 16.5. The molecule has 0 aromatic carbocycles. The van der Waals surface area contributed by atoms with Crippen LogP contribution in [0.3, 0.4) is 0 Å². The fourth-order valence-electron chi connectivity index (χ4n) is 4.23. The van der Waals surface area contributed by atoms with Crippen molar-refractivity contribution in [3.8, 4) is 0 Å². The van der Waals surface area contributed by atoms with Gasteiger partial charge in [-0.2, -0.15) is 0 Å². The predicted molar refractivity (Wildman–Crippen MR) is 105 cm³/mol. The molecule has 1 atom stereocenters. The summed E-state index contributed by atoms with van der Waals surface area (Å²) >= 11 is 0. The number of carbonyl (C=O) groups is 1. The summed E-state index contributed by atoms with van der Waals surface area (Å²) < 4.78 is 10.9. The van der Waals surface area contributed by atoms with E-state index in [1.807, 2.05) is 26.8 Å². The molecule has 0 amide bonds. The van der Waals surface area contributed by atoms with E-state index in [0.29, 0.717) is 31.8 Å². The van der Waals surface area contributed by atoms with Crippen LogP contribution in [0.2, 0.25) is 0 Å². The lowest BCUT2D eigenvalue weighted by atomic mass is 9.71. The first-order valence-corrected chi connectivity index (χ1v) is 9.94. The molecular formula is C22H31NO4. The van der Waals surface area contributed by atoms with Crippen molar-refractivity contribution in [2.45, 2.75) is 65.9 Å². The summed E-state index contributed by atoms with van der Waals surface area (Å²) in [6.07, 6.45) is 3.56. The maximum Gasteiger partial charge on any atom is 0.340 e. The number of rotatable bonds is 4. The third kappa shape index (κ3) is 3.94. The summed E-state index contributed by atoms with van der Waals surface area (Å²) in [7, 11) is 0. The van der Waals surface area contributed by atoms with Crippen molar-refractivity contribution < 1.29 is 19.4 Å². The van der Waals surface area contributed by atoms with E-state index < -0.39 is 6.10 Å². The average Bonchev–Trinajstić information content (AvgIpc) is 2.59. The molecule has 1 N–H and O–H groups in total. The molecule has 0 saturated heterocycles. The van der Waals surface area contributed by atoms with Crippen LogP contribution < -0.4 is 0 Å².